The fourth-order valence-electron chi connectivity index (χ4n) is 4.66. The number of aromatic nitrogens is 1. The summed E-state index contributed by atoms with van der Waals surface area (Å²) in [7, 11) is 1.14. The lowest BCUT2D eigenvalue weighted by Gasteiger charge is -2.37. The summed E-state index contributed by atoms with van der Waals surface area (Å²) in [6.45, 7) is 4.79. The molecule has 3 aliphatic rings. The number of carbonyl (C=O) groups excluding carboxylic acids is 1. The third-order valence-electron chi connectivity index (χ3n) is 6.06. The Balaban J connectivity index is 1.98. The molecule has 2 unspecified atom stereocenters. The summed E-state index contributed by atoms with van der Waals surface area (Å²) in [5.41, 5.74) is -2.45. The van der Waals surface area contributed by atoms with Crippen LogP contribution in [0.25, 0.3) is 5.57 Å². The molecule has 1 aromatic rings. The molecule has 0 radical (unpaired) electrons. The first-order valence-electron chi connectivity index (χ1n) is 10.5. The first-order chi connectivity index (χ1) is 16.3. The summed E-state index contributed by atoms with van der Waals surface area (Å²) in [6.07, 6.45) is -12.5. The summed E-state index contributed by atoms with van der Waals surface area (Å²) >= 11 is 1.61. The van der Waals surface area contributed by atoms with Gasteiger partial charge in [0.2, 0.25) is 6.10 Å². The lowest BCUT2D eigenvalue weighted by atomic mass is 9.95. The van der Waals surface area contributed by atoms with Crippen LogP contribution in [0.1, 0.15) is 24.1 Å². The van der Waals surface area contributed by atoms with Gasteiger partial charge in [-0.05, 0) is 47.6 Å². The molecule has 190 valence electrons. The Kier molecular flexibility index (Phi) is 6.81. The summed E-state index contributed by atoms with van der Waals surface area (Å²) in [5, 5.41) is 5.31. The van der Waals surface area contributed by atoms with Gasteiger partial charge in [0.25, 0.3) is 0 Å². The molecule has 14 heteroatoms. The number of anilines is 1. The zero-order valence-corrected chi connectivity index (χ0v) is 20.4. The van der Waals surface area contributed by atoms with Gasteiger partial charge in [-0.2, -0.15) is 26.3 Å². The highest BCUT2D eigenvalue weighted by molar-refractivity contribution is 14.1. The molecule has 0 aromatic carbocycles. The van der Waals surface area contributed by atoms with Crippen LogP contribution in [0.3, 0.4) is 0 Å². The molecule has 2 N–H and O–H groups in total. The van der Waals surface area contributed by atoms with Gasteiger partial charge in [-0.25, -0.2) is 9.78 Å². The van der Waals surface area contributed by atoms with Gasteiger partial charge in [0.05, 0.1) is 16.8 Å². The Morgan fingerprint density at radius 3 is 2.34 bits per heavy atom. The molecule has 35 heavy (non-hydrogen) atoms. The lowest BCUT2D eigenvalue weighted by molar-refractivity contribution is -0.190. The Morgan fingerprint density at radius 2 is 1.83 bits per heavy atom. The molecule has 7 nitrogen and oxygen atoms in total. The second-order valence-corrected chi connectivity index (χ2v) is 9.57. The highest BCUT2D eigenvalue weighted by Crippen LogP contribution is 2.42. The summed E-state index contributed by atoms with van der Waals surface area (Å²) in [6, 6.07) is 1.40. The van der Waals surface area contributed by atoms with Crippen LogP contribution in [0, 0.1) is 0 Å². The number of alkyl carbamates (subject to hydrolysis) is 1. The Bertz CT molecular complexity index is 1100. The summed E-state index contributed by atoms with van der Waals surface area (Å²) in [4.78, 5) is 21.7. The van der Waals surface area contributed by atoms with E-state index in [2.05, 4.69) is 31.9 Å². The molecule has 2 bridgehead atoms. The normalized spacial score (nSPS) is 27.5. The maximum Gasteiger partial charge on any atom is 0.430 e. The molecular weight excluding hydrogens is 595 g/mol. The molecule has 3 aliphatic heterocycles. The van der Waals surface area contributed by atoms with E-state index < -0.39 is 41.5 Å². The average molecular weight is 615 g/mol. The number of pyridine rings is 1. The summed E-state index contributed by atoms with van der Waals surface area (Å²) < 4.78 is 88.0. The van der Waals surface area contributed by atoms with E-state index in [1.54, 1.807) is 27.5 Å². The number of ether oxygens (including phenoxy) is 1. The molecular formula is C21H20F6IN5O2. The van der Waals surface area contributed by atoms with Crippen LogP contribution in [-0.2, 0) is 10.9 Å². The standard InChI is InChI=1S/C21H20F6IN5O2/c1-9(28)15(16-17(21(25,26)27)35-19(34)32-18(16)29-2)13-5-10(20(22,23)24)6-14(31-13)33-11-3-4-12(33)8-30-7-11/h5-6,11-12,17,30H,1,3-4,7-8H2,2H3,(H,29,32,34)/b16-15+/t11?,12?,17-/m1/s1. The van der Waals surface area contributed by atoms with Crippen molar-refractivity contribution >= 4 is 45.9 Å². The molecule has 3 fully saturated rings. The number of hydrogen-bond acceptors (Lipinski definition) is 6. The number of allylic oxidation sites excluding steroid dienone is 2. The molecule has 0 aliphatic carbocycles. The number of aliphatic imine (C=N–C) groups is 1. The second-order valence-electron chi connectivity index (χ2n) is 8.27. The van der Waals surface area contributed by atoms with Gasteiger partial charge in [0.15, 0.2) is 0 Å². The number of fused-ring (bicyclic) bond motifs is 2. The van der Waals surface area contributed by atoms with E-state index in [4.69, 9.17) is 0 Å². The van der Waals surface area contributed by atoms with Gasteiger partial charge in [-0.1, -0.05) is 6.58 Å². The number of piperazine rings is 1. The monoisotopic (exact) mass is 615 g/mol. The highest BCUT2D eigenvalue weighted by Gasteiger charge is 2.51. The van der Waals surface area contributed by atoms with Gasteiger partial charge >= 0.3 is 18.4 Å². The third-order valence-corrected chi connectivity index (χ3v) is 6.60. The van der Waals surface area contributed by atoms with Crippen LogP contribution in [0.2, 0.25) is 0 Å². The molecule has 0 spiro atoms. The van der Waals surface area contributed by atoms with Crippen LogP contribution < -0.4 is 15.5 Å². The van der Waals surface area contributed by atoms with E-state index in [9.17, 15) is 31.1 Å². The minimum absolute atomic E-state index is 0.0129. The number of halogens is 7. The van der Waals surface area contributed by atoms with Gasteiger partial charge in [-0.3, -0.25) is 10.3 Å². The first kappa shape index (κ1) is 25.7. The highest BCUT2D eigenvalue weighted by atomic mass is 127. The number of nitrogens with zero attached hydrogens (tertiary/aromatic N) is 3. The van der Waals surface area contributed by atoms with Crippen LogP contribution in [-0.4, -0.2) is 61.4 Å². The predicted octanol–water partition coefficient (Wildman–Crippen LogP) is 4.44. The zero-order chi connectivity index (χ0) is 25.7. The zero-order valence-electron chi connectivity index (χ0n) is 18.2. The number of rotatable bonds is 3. The van der Waals surface area contributed by atoms with E-state index in [0.29, 0.717) is 19.2 Å². The minimum atomic E-state index is -5.07. The van der Waals surface area contributed by atoms with E-state index >= 15 is 0 Å². The maximum atomic E-state index is 13.9. The summed E-state index contributed by atoms with van der Waals surface area (Å²) in [5.74, 6) is -0.474. The number of carbonyl (C=O) groups is 1. The van der Waals surface area contributed by atoms with Crippen molar-refractivity contribution < 1.29 is 35.9 Å². The smallest absolute Gasteiger partial charge is 0.430 e. The maximum absolute atomic E-state index is 13.9. The number of nitrogens with one attached hydrogen (secondary N) is 2. The van der Waals surface area contributed by atoms with Crippen LogP contribution >= 0.6 is 22.6 Å². The number of hydrogen-bond donors (Lipinski definition) is 2. The molecule has 0 saturated carbocycles. The number of amides is 1. The molecule has 1 amide bonds. The largest absolute Gasteiger partial charge is 0.431 e. The molecule has 4 heterocycles. The first-order valence-corrected chi connectivity index (χ1v) is 11.6. The van der Waals surface area contributed by atoms with Gasteiger partial charge in [0.1, 0.15) is 11.7 Å². The van der Waals surface area contributed by atoms with Gasteiger partial charge in [0, 0.05) is 41.4 Å². The third kappa shape index (κ3) is 4.99. The topological polar surface area (TPSA) is 78.8 Å². The fraction of sp³-hybridized carbons (Fsp3) is 0.476. The van der Waals surface area contributed by atoms with E-state index in [1.807, 2.05) is 0 Å². The van der Waals surface area contributed by atoms with Crippen molar-refractivity contribution in [2.24, 2.45) is 4.99 Å². The Hall–Kier alpha value is -2.36. The van der Waals surface area contributed by atoms with Crippen molar-refractivity contribution in [3.05, 3.63) is 39.1 Å². The molecule has 3 atom stereocenters. The van der Waals surface area contributed by atoms with E-state index in [-0.39, 0.29) is 32.7 Å². The number of alkyl halides is 6. The van der Waals surface area contributed by atoms with Gasteiger partial charge in [-0.15, -0.1) is 0 Å². The van der Waals surface area contributed by atoms with Gasteiger partial charge < -0.3 is 15.0 Å². The van der Waals surface area contributed by atoms with Crippen LogP contribution in [0.5, 0.6) is 0 Å². The lowest BCUT2D eigenvalue weighted by Crippen LogP contribution is -2.52. The van der Waals surface area contributed by atoms with Crippen LogP contribution in [0.4, 0.5) is 37.0 Å². The number of cyclic esters (lactones) is 1. The van der Waals surface area contributed by atoms with Crippen molar-refractivity contribution in [1.82, 2.24) is 15.6 Å². The van der Waals surface area contributed by atoms with Crippen molar-refractivity contribution in [3.63, 3.8) is 0 Å². The predicted molar refractivity (Wildman–Crippen MR) is 124 cm³/mol. The van der Waals surface area contributed by atoms with Crippen molar-refractivity contribution in [2.75, 3.05) is 25.0 Å². The molecule has 3 saturated heterocycles. The van der Waals surface area contributed by atoms with Crippen molar-refractivity contribution in [1.29, 1.82) is 0 Å². The SMILES string of the molecule is C=C(I)/C(=C1\C(=NC)NC(=O)O[C@H]1C(F)(F)F)c1cc(C(F)(F)F)cc(N2C3CCC2CNC3)n1. The van der Waals surface area contributed by atoms with E-state index in [1.165, 1.54) is 0 Å². The number of amidine groups is 1. The molecule has 1 aromatic heterocycles. The fourth-order valence-corrected chi connectivity index (χ4v) is 5.22. The Morgan fingerprint density at radius 1 is 1.20 bits per heavy atom. The van der Waals surface area contributed by atoms with Crippen molar-refractivity contribution in [2.45, 2.75) is 43.4 Å². The van der Waals surface area contributed by atoms with Crippen LogP contribution in [0.15, 0.2) is 32.9 Å². The minimum Gasteiger partial charge on any atom is -0.431 e. The average Bonchev–Trinajstić information content (AvgIpc) is 3.01. The second kappa shape index (κ2) is 9.26. The van der Waals surface area contributed by atoms with Crippen molar-refractivity contribution in [3.8, 4) is 0 Å². The quantitative estimate of drug-likeness (QED) is 0.389. The molecule has 4 rings (SSSR count). The van der Waals surface area contributed by atoms with E-state index in [0.717, 1.165) is 26.0 Å². The Labute approximate surface area is 209 Å².